The van der Waals surface area contributed by atoms with E-state index in [1.807, 2.05) is 6.92 Å². The third-order valence-corrected chi connectivity index (χ3v) is 2.86. The summed E-state index contributed by atoms with van der Waals surface area (Å²) in [5.74, 6) is 0. The maximum Gasteiger partial charge on any atom is 0.0817 e. The minimum atomic E-state index is -0.525. The molecule has 0 bridgehead atoms. The number of hydrogen-bond acceptors (Lipinski definition) is 2. The van der Waals surface area contributed by atoms with Crippen LogP contribution in [0.2, 0.25) is 5.02 Å². The maximum atomic E-state index is 9.49. The van der Waals surface area contributed by atoms with E-state index in [9.17, 15) is 5.11 Å². The second kappa shape index (κ2) is 4.21. The SMILES string of the molecule is CCC(O)c1cncc(Br)c1Cl. The van der Waals surface area contributed by atoms with Crippen LogP contribution in [-0.4, -0.2) is 10.1 Å². The summed E-state index contributed by atoms with van der Waals surface area (Å²) < 4.78 is 0.717. The first-order valence-corrected chi connectivity index (χ1v) is 4.80. The van der Waals surface area contributed by atoms with Crippen molar-refractivity contribution in [3.05, 3.63) is 27.5 Å². The van der Waals surface area contributed by atoms with Crippen molar-refractivity contribution in [1.82, 2.24) is 4.98 Å². The van der Waals surface area contributed by atoms with E-state index in [1.54, 1.807) is 12.4 Å². The van der Waals surface area contributed by atoms with Crippen molar-refractivity contribution in [1.29, 1.82) is 0 Å². The van der Waals surface area contributed by atoms with Gasteiger partial charge in [-0.3, -0.25) is 4.98 Å². The number of hydrogen-bond donors (Lipinski definition) is 1. The van der Waals surface area contributed by atoms with Gasteiger partial charge in [0.25, 0.3) is 0 Å². The predicted octanol–water partition coefficient (Wildman–Crippen LogP) is 2.94. The lowest BCUT2D eigenvalue weighted by atomic mass is 10.1. The van der Waals surface area contributed by atoms with Crippen molar-refractivity contribution < 1.29 is 5.11 Å². The molecule has 1 aromatic heterocycles. The van der Waals surface area contributed by atoms with Gasteiger partial charge in [-0.05, 0) is 22.4 Å². The minimum Gasteiger partial charge on any atom is -0.388 e. The molecular weight excluding hydrogens is 241 g/mol. The van der Waals surface area contributed by atoms with Crippen molar-refractivity contribution in [2.24, 2.45) is 0 Å². The molecule has 1 N–H and O–H groups in total. The van der Waals surface area contributed by atoms with Crippen LogP contribution in [0.1, 0.15) is 25.0 Å². The summed E-state index contributed by atoms with van der Waals surface area (Å²) in [5, 5.41) is 10.0. The molecule has 0 aromatic carbocycles. The molecular formula is C8H9BrClNO. The lowest BCUT2D eigenvalue weighted by Crippen LogP contribution is -1.97. The monoisotopic (exact) mass is 249 g/mol. The quantitative estimate of drug-likeness (QED) is 0.875. The molecule has 2 nitrogen and oxygen atoms in total. The topological polar surface area (TPSA) is 33.1 Å². The number of rotatable bonds is 2. The Morgan fingerprint density at radius 2 is 2.33 bits per heavy atom. The largest absolute Gasteiger partial charge is 0.388 e. The average Bonchev–Trinajstić information content (AvgIpc) is 2.08. The molecule has 0 saturated carbocycles. The first-order chi connectivity index (χ1) is 5.66. The van der Waals surface area contributed by atoms with Gasteiger partial charge in [0.05, 0.1) is 15.6 Å². The summed E-state index contributed by atoms with van der Waals surface area (Å²) in [7, 11) is 0. The smallest absolute Gasteiger partial charge is 0.0817 e. The molecule has 1 unspecified atom stereocenters. The van der Waals surface area contributed by atoms with Gasteiger partial charge in [-0.1, -0.05) is 18.5 Å². The number of nitrogens with zero attached hydrogens (tertiary/aromatic N) is 1. The van der Waals surface area contributed by atoms with Crippen LogP contribution in [0.5, 0.6) is 0 Å². The van der Waals surface area contributed by atoms with Crippen molar-refractivity contribution in [2.45, 2.75) is 19.4 Å². The van der Waals surface area contributed by atoms with Crippen molar-refractivity contribution in [2.75, 3.05) is 0 Å². The van der Waals surface area contributed by atoms with Gasteiger partial charge >= 0.3 is 0 Å². The Morgan fingerprint density at radius 3 is 2.92 bits per heavy atom. The molecule has 1 atom stereocenters. The van der Waals surface area contributed by atoms with Crippen LogP contribution in [0.3, 0.4) is 0 Å². The van der Waals surface area contributed by atoms with Gasteiger partial charge < -0.3 is 5.11 Å². The lowest BCUT2D eigenvalue weighted by Gasteiger charge is -2.09. The molecule has 66 valence electrons. The summed E-state index contributed by atoms with van der Waals surface area (Å²) in [4.78, 5) is 3.92. The van der Waals surface area contributed by atoms with Gasteiger partial charge in [0.15, 0.2) is 0 Å². The zero-order chi connectivity index (χ0) is 9.14. The number of aliphatic hydroxyl groups is 1. The highest BCUT2D eigenvalue weighted by molar-refractivity contribution is 9.10. The Balaban J connectivity index is 3.07. The van der Waals surface area contributed by atoms with E-state index in [2.05, 4.69) is 20.9 Å². The van der Waals surface area contributed by atoms with E-state index in [0.717, 1.165) is 0 Å². The number of aliphatic hydroxyl groups excluding tert-OH is 1. The zero-order valence-electron chi connectivity index (χ0n) is 6.59. The highest BCUT2D eigenvalue weighted by Gasteiger charge is 2.11. The van der Waals surface area contributed by atoms with Gasteiger partial charge in [-0.25, -0.2) is 0 Å². The van der Waals surface area contributed by atoms with Crippen LogP contribution in [0.15, 0.2) is 16.9 Å². The Morgan fingerprint density at radius 1 is 1.67 bits per heavy atom. The van der Waals surface area contributed by atoms with Gasteiger partial charge in [0.1, 0.15) is 0 Å². The highest BCUT2D eigenvalue weighted by Crippen LogP contribution is 2.30. The van der Waals surface area contributed by atoms with Crippen LogP contribution in [-0.2, 0) is 0 Å². The third-order valence-electron chi connectivity index (χ3n) is 1.61. The highest BCUT2D eigenvalue weighted by atomic mass is 79.9. The second-order valence-corrected chi connectivity index (χ2v) is 3.68. The normalized spacial score (nSPS) is 13.0. The van der Waals surface area contributed by atoms with Crippen molar-refractivity contribution >= 4 is 27.5 Å². The fraction of sp³-hybridized carbons (Fsp3) is 0.375. The second-order valence-electron chi connectivity index (χ2n) is 2.45. The van der Waals surface area contributed by atoms with Crippen molar-refractivity contribution in [3.8, 4) is 0 Å². The molecule has 1 aromatic rings. The molecule has 0 spiro atoms. The van der Waals surface area contributed by atoms with Crippen LogP contribution in [0.25, 0.3) is 0 Å². The standard InChI is InChI=1S/C8H9BrClNO/c1-2-7(12)5-3-11-4-6(9)8(5)10/h3-4,7,12H,2H2,1H3. The van der Waals surface area contributed by atoms with E-state index in [1.165, 1.54) is 0 Å². The Hall–Kier alpha value is -0.120. The number of pyridine rings is 1. The Labute approximate surface area is 84.7 Å². The van der Waals surface area contributed by atoms with E-state index in [4.69, 9.17) is 11.6 Å². The molecule has 0 aliphatic carbocycles. The van der Waals surface area contributed by atoms with Crippen LogP contribution < -0.4 is 0 Å². The lowest BCUT2D eigenvalue weighted by molar-refractivity contribution is 0.173. The zero-order valence-corrected chi connectivity index (χ0v) is 8.93. The molecule has 0 fully saturated rings. The predicted molar refractivity (Wildman–Crippen MR) is 52.2 cm³/mol. The Bertz CT molecular complexity index is 280. The Kier molecular flexibility index (Phi) is 3.50. The molecule has 0 saturated heterocycles. The molecule has 0 radical (unpaired) electrons. The summed E-state index contributed by atoms with van der Waals surface area (Å²) in [6, 6.07) is 0. The third kappa shape index (κ3) is 1.97. The van der Waals surface area contributed by atoms with Gasteiger partial charge in [0.2, 0.25) is 0 Å². The van der Waals surface area contributed by atoms with Crippen molar-refractivity contribution in [3.63, 3.8) is 0 Å². The minimum absolute atomic E-state index is 0.525. The van der Waals surface area contributed by atoms with Crippen LogP contribution in [0, 0.1) is 0 Å². The first-order valence-electron chi connectivity index (χ1n) is 3.63. The summed E-state index contributed by atoms with van der Waals surface area (Å²) >= 11 is 9.16. The molecule has 4 heteroatoms. The van der Waals surface area contributed by atoms with Gasteiger partial charge in [-0.2, -0.15) is 0 Å². The molecule has 1 heterocycles. The van der Waals surface area contributed by atoms with Crippen LogP contribution in [0.4, 0.5) is 0 Å². The molecule has 12 heavy (non-hydrogen) atoms. The molecule has 0 amide bonds. The molecule has 0 aliphatic heterocycles. The summed E-state index contributed by atoms with van der Waals surface area (Å²) in [6.07, 6.45) is 3.30. The molecule has 0 aliphatic rings. The van der Waals surface area contributed by atoms with Crippen LogP contribution >= 0.6 is 27.5 Å². The molecule has 1 rings (SSSR count). The summed E-state index contributed by atoms with van der Waals surface area (Å²) in [5.41, 5.74) is 0.675. The number of aromatic nitrogens is 1. The van der Waals surface area contributed by atoms with E-state index in [-0.39, 0.29) is 0 Å². The first kappa shape index (κ1) is 9.96. The average molecular weight is 251 g/mol. The van der Waals surface area contributed by atoms with E-state index in [0.29, 0.717) is 21.5 Å². The fourth-order valence-corrected chi connectivity index (χ4v) is 1.46. The van der Waals surface area contributed by atoms with Gasteiger partial charge in [0, 0.05) is 18.0 Å². The maximum absolute atomic E-state index is 9.49. The van der Waals surface area contributed by atoms with Gasteiger partial charge in [-0.15, -0.1) is 0 Å². The summed E-state index contributed by atoms with van der Waals surface area (Å²) in [6.45, 7) is 1.89. The van der Waals surface area contributed by atoms with E-state index >= 15 is 0 Å². The van der Waals surface area contributed by atoms with E-state index < -0.39 is 6.10 Å². The number of halogens is 2. The fourth-order valence-electron chi connectivity index (χ4n) is 0.886.